The summed E-state index contributed by atoms with van der Waals surface area (Å²) in [6.07, 6.45) is 0.927. The molecule has 2 unspecified atom stereocenters. The monoisotopic (exact) mass is 227 g/mol. The maximum absolute atomic E-state index is 13.4. The first-order valence-electron chi connectivity index (χ1n) is 4.91. The Morgan fingerprint density at radius 1 is 1.53 bits per heavy atom. The van der Waals surface area contributed by atoms with Crippen LogP contribution in [0.1, 0.15) is 17.2 Å². The minimum Gasteiger partial charge on any atom is -0.494 e. The maximum Gasteiger partial charge on any atom is 0.165 e. The van der Waals surface area contributed by atoms with Gasteiger partial charge in [-0.1, -0.05) is 6.07 Å². The first kappa shape index (κ1) is 10.8. The van der Waals surface area contributed by atoms with Gasteiger partial charge < -0.3 is 10.5 Å². The van der Waals surface area contributed by atoms with E-state index in [1.165, 1.54) is 7.11 Å². The summed E-state index contributed by atoms with van der Waals surface area (Å²) in [6, 6.07) is 5.38. The van der Waals surface area contributed by atoms with E-state index in [2.05, 4.69) is 0 Å². The summed E-state index contributed by atoms with van der Waals surface area (Å²) in [5.41, 5.74) is 6.82. The molecule has 15 heavy (non-hydrogen) atoms. The maximum atomic E-state index is 13.4. The van der Waals surface area contributed by atoms with Crippen molar-refractivity contribution in [1.29, 1.82) is 0 Å². The quantitative estimate of drug-likeness (QED) is 0.842. The van der Waals surface area contributed by atoms with Crippen molar-refractivity contribution in [2.45, 2.75) is 17.7 Å². The predicted octanol–water partition coefficient (Wildman–Crippen LogP) is 2.34. The average Bonchev–Trinajstić information content (AvgIpc) is 2.65. The van der Waals surface area contributed by atoms with Crippen LogP contribution in [-0.4, -0.2) is 18.9 Å². The largest absolute Gasteiger partial charge is 0.494 e. The molecule has 0 aromatic heterocycles. The van der Waals surface area contributed by atoms with E-state index in [4.69, 9.17) is 10.5 Å². The summed E-state index contributed by atoms with van der Waals surface area (Å²) >= 11 is 1.79. The van der Waals surface area contributed by atoms with Crippen LogP contribution in [-0.2, 0) is 0 Å². The number of hydrogen-bond donors (Lipinski definition) is 1. The van der Waals surface area contributed by atoms with Crippen LogP contribution >= 0.6 is 11.8 Å². The highest BCUT2D eigenvalue weighted by atomic mass is 32.2. The fourth-order valence-corrected chi connectivity index (χ4v) is 3.10. The number of ether oxygens (including phenoxy) is 1. The second kappa shape index (κ2) is 4.41. The molecule has 0 radical (unpaired) electrons. The van der Waals surface area contributed by atoms with E-state index in [0.29, 0.717) is 11.0 Å². The van der Waals surface area contributed by atoms with Crippen LogP contribution in [0.15, 0.2) is 18.2 Å². The van der Waals surface area contributed by atoms with Gasteiger partial charge in [0.15, 0.2) is 11.6 Å². The molecule has 0 saturated carbocycles. The van der Waals surface area contributed by atoms with E-state index < -0.39 is 0 Å². The van der Waals surface area contributed by atoms with Gasteiger partial charge >= 0.3 is 0 Å². The molecule has 0 amide bonds. The molecular weight excluding hydrogens is 213 g/mol. The first-order chi connectivity index (χ1) is 7.20. The summed E-state index contributed by atoms with van der Waals surface area (Å²) in [5.74, 6) is 0.959. The van der Waals surface area contributed by atoms with Crippen LogP contribution < -0.4 is 10.5 Å². The number of benzene rings is 1. The van der Waals surface area contributed by atoms with Crippen molar-refractivity contribution in [3.63, 3.8) is 0 Å². The van der Waals surface area contributed by atoms with Gasteiger partial charge in [0.25, 0.3) is 0 Å². The molecule has 82 valence electrons. The van der Waals surface area contributed by atoms with Crippen molar-refractivity contribution in [3.8, 4) is 5.75 Å². The average molecular weight is 227 g/mol. The van der Waals surface area contributed by atoms with Gasteiger partial charge in [-0.15, -0.1) is 0 Å². The number of rotatable bonds is 2. The molecule has 0 bridgehead atoms. The summed E-state index contributed by atoms with van der Waals surface area (Å²) < 4.78 is 18.3. The molecule has 0 aliphatic carbocycles. The van der Waals surface area contributed by atoms with Gasteiger partial charge in [-0.05, 0) is 24.1 Å². The molecule has 1 aromatic carbocycles. The van der Waals surface area contributed by atoms with E-state index >= 15 is 0 Å². The van der Waals surface area contributed by atoms with Gasteiger partial charge in [-0.3, -0.25) is 0 Å². The minimum atomic E-state index is -0.295. The number of hydrogen-bond acceptors (Lipinski definition) is 3. The highest BCUT2D eigenvalue weighted by Crippen LogP contribution is 2.40. The second-order valence-corrected chi connectivity index (χ2v) is 4.95. The number of halogens is 1. The van der Waals surface area contributed by atoms with Crippen LogP contribution in [0.25, 0.3) is 0 Å². The summed E-state index contributed by atoms with van der Waals surface area (Å²) in [6.45, 7) is 0. The Labute approximate surface area is 93.0 Å². The van der Waals surface area contributed by atoms with Gasteiger partial charge in [0.2, 0.25) is 0 Å². The molecule has 2 N–H and O–H groups in total. The molecule has 1 aromatic rings. The lowest BCUT2D eigenvalue weighted by Crippen LogP contribution is -2.17. The van der Waals surface area contributed by atoms with E-state index in [-0.39, 0.29) is 11.9 Å². The van der Waals surface area contributed by atoms with Crippen molar-refractivity contribution < 1.29 is 9.13 Å². The third-order valence-corrected chi connectivity index (χ3v) is 4.06. The van der Waals surface area contributed by atoms with Crippen LogP contribution in [0.2, 0.25) is 0 Å². The first-order valence-corrected chi connectivity index (χ1v) is 5.96. The number of nitrogens with two attached hydrogens (primary N) is 1. The molecular formula is C11H14FNOS. The third-order valence-electron chi connectivity index (χ3n) is 2.58. The highest BCUT2D eigenvalue weighted by molar-refractivity contribution is 7.99. The van der Waals surface area contributed by atoms with Crippen LogP contribution in [0.3, 0.4) is 0 Å². The van der Waals surface area contributed by atoms with Crippen molar-refractivity contribution in [2.24, 2.45) is 5.73 Å². The SMILES string of the molecule is COc1ccc(C2CC(N)CS2)cc1F. The van der Waals surface area contributed by atoms with Gasteiger partial charge in [0.1, 0.15) is 0 Å². The van der Waals surface area contributed by atoms with Crippen LogP contribution in [0, 0.1) is 5.82 Å². The standard InChI is InChI=1S/C11H14FNOS/c1-14-10-3-2-7(4-9(10)12)11-5-8(13)6-15-11/h2-4,8,11H,5-6,13H2,1H3. The lowest BCUT2D eigenvalue weighted by Gasteiger charge is -2.10. The Morgan fingerprint density at radius 3 is 2.87 bits per heavy atom. The number of methoxy groups -OCH3 is 1. The fraction of sp³-hybridized carbons (Fsp3) is 0.455. The lowest BCUT2D eigenvalue weighted by atomic mass is 10.1. The molecule has 1 fully saturated rings. The van der Waals surface area contributed by atoms with E-state index in [1.807, 2.05) is 6.07 Å². The fourth-order valence-electron chi connectivity index (χ4n) is 1.77. The van der Waals surface area contributed by atoms with Gasteiger partial charge in [0, 0.05) is 17.0 Å². The van der Waals surface area contributed by atoms with E-state index in [0.717, 1.165) is 17.7 Å². The van der Waals surface area contributed by atoms with Crippen LogP contribution in [0.5, 0.6) is 5.75 Å². The van der Waals surface area contributed by atoms with Crippen molar-refractivity contribution in [1.82, 2.24) is 0 Å². The molecule has 2 nitrogen and oxygen atoms in total. The zero-order chi connectivity index (χ0) is 10.8. The summed E-state index contributed by atoms with van der Waals surface area (Å²) in [4.78, 5) is 0. The Morgan fingerprint density at radius 2 is 2.33 bits per heavy atom. The summed E-state index contributed by atoms with van der Waals surface area (Å²) in [7, 11) is 1.47. The van der Waals surface area contributed by atoms with Gasteiger partial charge in [0.05, 0.1) is 7.11 Å². The Bertz CT molecular complexity index is 358. The predicted molar refractivity (Wildman–Crippen MR) is 60.7 cm³/mol. The zero-order valence-electron chi connectivity index (χ0n) is 8.57. The van der Waals surface area contributed by atoms with Crippen LogP contribution in [0.4, 0.5) is 4.39 Å². The molecule has 4 heteroatoms. The molecule has 2 atom stereocenters. The van der Waals surface area contributed by atoms with Crippen molar-refractivity contribution >= 4 is 11.8 Å². The minimum absolute atomic E-state index is 0.241. The molecule has 1 aliphatic rings. The summed E-state index contributed by atoms with van der Waals surface area (Å²) in [5, 5.41) is 0.334. The lowest BCUT2D eigenvalue weighted by molar-refractivity contribution is 0.386. The Kier molecular flexibility index (Phi) is 3.17. The normalized spacial score (nSPS) is 25.5. The Hall–Kier alpha value is -0.740. The Balaban J connectivity index is 2.19. The molecule has 1 aliphatic heterocycles. The zero-order valence-corrected chi connectivity index (χ0v) is 9.39. The van der Waals surface area contributed by atoms with Gasteiger partial charge in [-0.2, -0.15) is 11.8 Å². The number of thioether (sulfide) groups is 1. The second-order valence-electron chi connectivity index (χ2n) is 3.71. The van der Waals surface area contributed by atoms with Crippen molar-refractivity contribution in [2.75, 3.05) is 12.9 Å². The van der Waals surface area contributed by atoms with Gasteiger partial charge in [-0.25, -0.2) is 4.39 Å². The van der Waals surface area contributed by atoms with E-state index in [9.17, 15) is 4.39 Å². The molecule has 1 saturated heterocycles. The van der Waals surface area contributed by atoms with E-state index in [1.54, 1.807) is 23.9 Å². The topological polar surface area (TPSA) is 35.2 Å². The van der Waals surface area contributed by atoms with Crippen molar-refractivity contribution in [3.05, 3.63) is 29.6 Å². The molecule has 0 spiro atoms. The smallest absolute Gasteiger partial charge is 0.165 e. The molecule has 2 rings (SSSR count). The highest BCUT2D eigenvalue weighted by Gasteiger charge is 2.24. The molecule has 1 heterocycles. The third kappa shape index (κ3) is 2.26.